The van der Waals surface area contributed by atoms with Gasteiger partial charge in [0.1, 0.15) is 0 Å². The van der Waals surface area contributed by atoms with Gasteiger partial charge in [0.25, 0.3) is 0 Å². The molecule has 0 saturated carbocycles. The van der Waals surface area contributed by atoms with Crippen LogP contribution in [0.5, 0.6) is 0 Å². The first-order valence-corrected chi connectivity index (χ1v) is 6.32. The third-order valence-electron chi connectivity index (χ3n) is 3.18. The third kappa shape index (κ3) is 4.31. The second-order valence-corrected chi connectivity index (χ2v) is 4.71. The molecule has 2 rings (SSSR count). The van der Waals surface area contributed by atoms with E-state index in [1.807, 2.05) is 12.1 Å². The lowest BCUT2D eigenvalue weighted by atomic mass is 10.0. The predicted molar refractivity (Wildman–Crippen MR) is 75.9 cm³/mol. The average Bonchev–Trinajstić information content (AvgIpc) is 2.37. The second-order valence-electron chi connectivity index (χ2n) is 4.71. The first kappa shape index (κ1) is 15.0. The van der Waals surface area contributed by atoms with Crippen LogP contribution < -0.4 is 10.6 Å². The van der Waals surface area contributed by atoms with Crippen molar-refractivity contribution in [1.82, 2.24) is 10.6 Å². The van der Waals surface area contributed by atoms with Crippen molar-refractivity contribution in [2.24, 2.45) is 0 Å². The van der Waals surface area contributed by atoms with Crippen molar-refractivity contribution in [1.29, 1.82) is 0 Å². The quantitative estimate of drug-likeness (QED) is 0.882. The fourth-order valence-corrected chi connectivity index (χ4v) is 2.21. The number of hydrogen-bond acceptors (Lipinski definition) is 2. The Kier molecular flexibility index (Phi) is 6.16. The second kappa shape index (κ2) is 7.39. The van der Waals surface area contributed by atoms with Crippen LogP contribution in [-0.2, 0) is 11.3 Å². The first-order valence-electron chi connectivity index (χ1n) is 6.32. The Morgan fingerprint density at radius 2 is 2.28 bits per heavy atom. The maximum atomic E-state index is 11.9. The Labute approximate surface area is 115 Å². The number of halogens is 1. The van der Waals surface area contributed by atoms with E-state index in [1.54, 1.807) is 0 Å². The minimum absolute atomic E-state index is 0. The van der Waals surface area contributed by atoms with E-state index in [9.17, 15) is 4.79 Å². The highest BCUT2D eigenvalue weighted by molar-refractivity contribution is 5.85. The van der Waals surface area contributed by atoms with Gasteiger partial charge in [-0.25, -0.2) is 0 Å². The van der Waals surface area contributed by atoms with Gasteiger partial charge in [-0.3, -0.25) is 4.79 Å². The molecule has 2 N–H and O–H groups in total. The molecule has 1 fully saturated rings. The maximum absolute atomic E-state index is 11.9. The molecule has 1 saturated heterocycles. The maximum Gasteiger partial charge on any atom is 0.237 e. The summed E-state index contributed by atoms with van der Waals surface area (Å²) in [5.41, 5.74) is 2.39. The van der Waals surface area contributed by atoms with E-state index in [4.69, 9.17) is 0 Å². The van der Waals surface area contributed by atoms with Gasteiger partial charge in [0.2, 0.25) is 5.91 Å². The number of rotatable bonds is 3. The summed E-state index contributed by atoms with van der Waals surface area (Å²) in [6.45, 7) is 3.65. The Morgan fingerprint density at radius 3 is 2.94 bits per heavy atom. The van der Waals surface area contributed by atoms with Crippen LogP contribution in [0.1, 0.15) is 30.4 Å². The number of carbonyl (C=O) groups excluding carboxylic acids is 1. The third-order valence-corrected chi connectivity index (χ3v) is 3.18. The van der Waals surface area contributed by atoms with Crippen LogP contribution in [-0.4, -0.2) is 18.5 Å². The van der Waals surface area contributed by atoms with E-state index in [1.165, 1.54) is 12.0 Å². The van der Waals surface area contributed by atoms with Crippen molar-refractivity contribution in [2.75, 3.05) is 6.54 Å². The van der Waals surface area contributed by atoms with Crippen molar-refractivity contribution in [2.45, 2.75) is 38.8 Å². The van der Waals surface area contributed by atoms with Gasteiger partial charge in [-0.05, 0) is 31.9 Å². The molecule has 0 radical (unpaired) electrons. The fourth-order valence-electron chi connectivity index (χ4n) is 2.21. The molecule has 1 aliphatic heterocycles. The molecule has 18 heavy (non-hydrogen) atoms. The number of amides is 1. The molecular formula is C14H21ClN2O. The molecule has 3 nitrogen and oxygen atoms in total. The van der Waals surface area contributed by atoms with E-state index in [0.717, 1.165) is 24.9 Å². The van der Waals surface area contributed by atoms with Gasteiger partial charge >= 0.3 is 0 Å². The zero-order chi connectivity index (χ0) is 12.1. The number of benzene rings is 1. The summed E-state index contributed by atoms with van der Waals surface area (Å²) in [5.74, 6) is 0.131. The lowest BCUT2D eigenvalue weighted by Crippen LogP contribution is -2.46. The lowest BCUT2D eigenvalue weighted by molar-refractivity contribution is -0.123. The largest absolute Gasteiger partial charge is 0.351 e. The van der Waals surface area contributed by atoms with Crippen LogP contribution in [0, 0.1) is 6.92 Å². The van der Waals surface area contributed by atoms with Crippen LogP contribution in [0.3, 0.4) is 0 Å². The highest BCUT2D eigenvalue weighted by Gasteiger charge is 2.19. The minimum atomic E-state index is 0. The van der Waals surface area contributed by atoms with Gasteiger partial charge < -0.3 is 10.6 Å². The summed E-state index contributed by atoms with van der Waals surface area (Å²) >= 11 is 0. The molecule has 0 aromatic heterocycles. The Bertz CT molecular complexity index is 389. The molecule has 1 heterocycles. The summed E-state index contributed by atoms with van der Waals surface area (Å²) in [4.78, 5) is 11.9. The Hall–Kier alpha value is -1.06. The molecule has 1 aromatic carbocycles. The van der Waals surface area contributed by atoms with Crippen LogP contribution in [0.2, 0.25) is 0 Å². The average molecular weight is 269 g/mol. The minimum Gasteiger partial charge on any atom is -0.351 e. The standard InChI is InChI=1S/C14H20N2O.ClH/c1-11-5-4-6-12(9-11)10-16-14(17)13-7-2-3-8-15-13;/h4-6,9,13,15H,2-3,7-8,10H2,1H3,(H,16,17);1H/t13-;/m0./s1. The number of nitrogens with one attached hydrogen (secondary N) is 2. The molecular weight excluding hydrogens is 248 g/mol. The van der Waals surface area contributed by atoms with Gasteiger partial charge in [-0.15, -0.1) is 12.4 Å². The smallest absolute Gasteiger partial charge is 0.237 e. The molecule has 1 aromatic rings. The van der Waals surface area contributed by atoms with Crippen LogP contribution >= 0.6 is 12.4 Å². The molecule has 1 atom stereocenters. The summed E-state index contributed by atoms with van der Waals surface area (Å²) in [7, 11) is 0. The topological polar surface area (TPSA) is 41.1 Å². The monoisotopic (exact) mass is 268 g/mol. The highest BCUT2D eigenvalue weighted by Crippen LogP contribution is 2.08. The Balaban J connectivity index is 0.00000162. The van der Waals surface area contributed by atoms with E-state index in [-0.39, 0.29) is 24.4 Å². The van der Waals surface area contributed by atoms with Crippen molar-refractivity contribution in [3.05, 3.63) is 35.4 Å². The molecule has 0 spiro atoms. The molecule has 4 heteroatoms. The molecule has 0 bridgehead atoms. The molecule has 0 aliphatic carbocycles. The molecule has 1 amide bonds. The summed E-state index contributed by atoms with van der Waals surface area (Å²) in [6, 6.07) is 8.24. The van der Waals surface area contributed by atoms with E-state index >= 15 is 0 Å². The van der Waals surface area contributed by atoms with Crippen LogP contribution in [0.15, 0.2) is 24.3 Å². The van der Waals surface area contributed by atoms with Gasteiger partial charge in [0.15, 0.2) is 0 Å². The van der Waals surface area contributed by atoms with E-state index < -0.39 is 0 Å². The van der Waals surface area contributed by atoms with Crippen molar-refractivity contribution in [3.63, 3.8) is 0 Å². The first-order chi connectivity index (χ1) is 8.25. The Morgan fingerprint density at radius 1 is 1.44 bits per heavy atom. The SMILES string of the molecule is Cc1cccc(CNC(=O)[C@@H]2CCCCN2)c1.Cl. The normalized spacial score (nSPS) is 18.8. The van der Waals surface area contributed by atoms with Crippen molar-refractivity contribution in [3.8, 4) is 0 Å². The van der Waals surface area contributed by atoms with Gasteiger partial charge in [-0.2, -0.15) is 0 Å². The zero-order valence-corrected chi connectivity index (χ0v) is 11.6. The number of carbonyl (C=O) groups is 1. The summed E-state index contributed by atoms with van der Waals surface area (Å²) in [6.07, 6.45) is 3.29. The molecule has 100 valence electrons. The van der Waals surface area contributed by atoms with E-state index in [0.29, 0.717) is 6.54 Å². The number of aryl methyl sites for hydroxylation is 1. The predicted octanol–water partition coefficient (Wildman–Crippen LogP) is 2.18. The highest BCUT2D eigenvalue weighted by atomic mass is 35.5. The number of piperidine rings is 1. The lowest BCUT2D eigenvalue weighted by Gasteiger charge is -2.22. The fraction of sp³-hybridized carbons (Fsp3) is 0.500. The zero-order valence-electron chi connectivity index (χ0n) is 10.7. The van der Waals surface area contributed by atoms with Crippen LogP contribution in [0.25, 0.3) is 0 Å². The summed E-state index contributed by atoms with van der Waals surface area (Å²) < 4.78 is 0. The molecule has 1 aliphatic rings. The number of hydrogen-bond donors (Lipinski definition) is 2. The van der Waals surface area contributed by atoms with E-state index in [2.05, 4.69) is 29.7 Å². The van der Waals surface area contributed by atoms with Crippen LogP contribution in [0.4, 0.5) is 0 Å². The summed E-state index contributed by atoms with van der Waals surface area (Å²) in [5, 5.41) is 6.25. The van der Waals surface area contributed by atoms with Crippen molar-refractivity contribution < 1.29 is 4.79 Å². The van der Waals surface area contributed by atoms with Crippen molar-refractivity contribution >= 4 is 18.3 Å². The van der Waals surface area contributed by atoms with Gasteiger partial charge in [-0.1, -0.05) is 36.2 Å². The van der Waals surface area contributed by atoms with Gasteiger partial charge in [0, 0.05) is 6.54 Å². The van der Waals surface area contributed by atoms with Gasteiger partial charge in [0.05, 0.1) is 6.04 Å². The molecule has 0 unspecified atom stereocenters.